The molecule has 344 valence electrons. The van der Waals surface area contributed by atoms with E-state index in [9.17, 15) is 132 Å². The molecule has 0 aliphatic rings. The fourth-order valence-corrected chi connectivity index (χ4v) is 4.04. The number of rotatable bonds is 18. The van der Waals surface area contributed by atoms with Crippen molar-refractivity contribution < 1.29 is 164 Å². The lowest BCUT2D eigenvalue weighted by Gasteiger charge is -2.53. The summed E-state index contributed by atoms with van der Waals surface area (Å²) in [5.41, 5.74) is 0. The van der Waals surface area contributed by atoms with Gasteiger partial charge in [-0.05, 0) is 0 Å². The van der Waals surface area contributed by atoms with Crippen LogP contribution >= 0.6 is 0 Å². The van der Waals surface area contributed by atoms with Crippen molar-refractivity contribution in [1.82, 2.24) is 0 Å². The van der Waals surface area contributed by atoms with Crippen LogP contribution in [0.3, 0.4) is 0 Å². The van der Waals surface area contributed by atoms with Gasteiger partial charge in [0.25, 0.3) is 0 Å². The van der Waals surface area contributed by atoms with E-state index in [1.54, 1.807) is 0 Å². The van der Waals surface area contributed by atoms with Gasteiger partial charge in [-0.3, -0.25) is 0 Å². The molecule has 0 unspecified atom stereocenters. The van der Waals surface area contributed by atoms with Gasteiger partial charge in [-0.2, -0.15) is 136 Å². The summed E-state index contributed by atoms with van der Waals surface area (Å²) >= 11 is 0. The van der Waals surface area contributed by atoms with Gasteiger partial charge >= 0.3 is 95.5 Å². The fourth-order valence-electron chi connectivity index (χ4n) is 4.04. The number of aliphatic hydroxyl groups is 2. The molecule has 0 atom stereocenters. The molecule has 2 N–H and O–H groups in total. The summed E-state index contributed by atoms with van der Waals surface area (Å²) in [7, 11) is 0. The first kappa shape index (κ1) is 54.5. The Balaban J connectivity index is 8.39. The van der Waals surface area contributed by atoms with Crippen LogP contribution in [0.15, 0.2) is 0 Å². The van der Waals surface area contributed by atoms with Gasteiger partial charge in [0, 0.05) is 0 Å². The zero-order valence-electron chi connectivity index (χ0n) is 25.0. The van der Waals surface area contributed by atoms with Crippen LogP contribution in [0.4, 0.5) is 149 Å². The van der Waals surface area contributed by atoms with Gasteiger partial charge in [-0.25, -0.2) is 0 Å². The second-order valence-corrected chi connectivity index (χ2v) is 10.8. The van der Waals surface area contributed by atoms with E-state index in [-0.39, 0.29) is 0 Å². The van der Waals surface area contributed by atoms with Gasteiger partial charge < -0.3 is 10.2 Å². The van der Waals surface area contributed by atoms with Gasteiger partial charge in [0.15, 0.2) is 0 Å². The van der Waals surface area contributed by atoms with Crippen LogP contribution in [-0.2, 0) is 0 Å². The Morgan fingerprint density at radius 2 is 0.368 bits per heavy atom. The molecule has 37 heteroatoms. The fraction of sp³-hybridized carbons (Fsp3) is 1.00. The topological polar surface area (TPSA) is 40.5 Å². The number of nitrogens with zero attached hydrogens (tertiary/aromatic N) is 1. The highest BCUT2D eigenvalue weighted by atomic mass is 19.4. The van der Waals surface area contributed by atoms with Crippen molar-refractivity contribution in [3.8, 4) is 0 Å². The van der Waals surface area contributed by atoms with Crippen LogP contribution in [0.5, 0.6) is 0 Å². The summed E-state index contributed by atoms with van der Waals surface area (Å²) in [6.07, 6.45) is -16.8. The number of halogens is 34. The Morgan fingerprint density at radius 3 is 0.509 bits per heavy atom. The van der Waals surface area contributed by atoms with E-state index < -0.39 is 126 Å². The third-order valence-electron chi connectivity index (χ3n) is 7.45. The van der Waals surface area contributed by atoms with Crippen molar-refractivity contribution in [3.63, 3.8) is 0 Å². The SMILES string of the molecule is OCC[N+](CCO)(C(F)(F)C(F)(F)C(F)(F)C(F)(F)C(F)(F)C(F)(F)C(F)(F)C(F)(F)F)C(F)(F)C(F)(F)C(F)(F)C(F)(F)C(F)(F)C(F)(F)C(F)(F)C(F)(F)F. The molecule has 0 aliphatic heterocycles. The molecule has 0 radical (unpaired) electrons. The highest BCUT2D eigenvalue weighted by Gasteiger charge is 3.02. The predicted molar refractivity (Wildman–Crippen MR) is 106 cm³/mol. The first-order valence-electron chi connectivity index (χ1n) is 12.6. The van der Waals surface area contributed by atoms with Crippen LogP contribution in [0.1, 0.15) is 0 Å². The minimum atomic E-state index is -9.87. The average Bonchev–Trinajstić information content (AvgIpc) is 2.98. The van der Waals surface area contributed by atoms with Gasteiger partial charge in [0.05, 0.1) is 13.2 Å². The smallest absolute Gasteiger partial charge is 0.391 e. The molecular weight excluding hydrogens is 932 g/mol. The van der Waals surface area contributed by atoms with Gasteiger partial charge in [-0.1, -0.05) is 0 Å². The van der Waals surface area contributed by atoms with Gasteiger partial charge in [0.1, 0.15) is 13.1 Å². The second-order valence-electron chi connectivity index (χ2n) is 10.8. The molecule has 0 bridgehead atoms. The van der Waals surface area contributed by atoms with E-state index in [1.165, 1.54) is 0 Å². The monoisotopic (exact) mass is 942 g/mol. The first-order chi connectivity index (χ1) is 24.1. The molecule has 3 nitrogen and oxygen atoms in total. The van der Waals surface area contributed by atoms with Crippen LogP contribution in [0, 0.1) is 0 Å². The highest BCUT2D eigenvalue weighted by molar-refractivity contribution is 5.16. The van der Waals surface area contributed by atoms with Crippen molar-refractivity contribution in [2.24, 2.45) is 0 Å². The van der Waals surface area contributed by atoms with Gasteiger partial charge in [0.2, 0.25) is 0 Å². The summed E-state index contributed by atoms with van der Waals surface area (Å²) in [6.45, 7) is -15.3. The Morgan fingerprint density at radius 1 is 0.228 bits per heavy atom. The maximum Gasteiger partial charge on any atom is 0.466 e. The van der Waals surface area contributed by atoms with Crippen LogP contribution < -0.4 is 0 Å². The highest BCUT2D eigenvalue weighted by Crippen LogP contribution is 2.69. The second kappa shape index (κ2) is 13.8. The molecule has 0 fully saturated rings. The van der Waals surface area contributed by atoms with Gasteiger partial charge in [-0.15, -0.1) is 17.6 Å². The Kier molecular flexibility index (Phi) is 13.2. The minimum Gasteiger partial charge on any atom is -0.391 e. The maximum absolute atomic E-state index is 15.1. The molecule has 0 amide bonds. The molecule has 0 spiro atoms. The lowest BCUT2D eigenvalue weighted by molar-refractivity contribution is -1.09. The van der Waals surface area contributed by atoms with Crippen LogP contribution in [0.25, 0.3) is 0 Å². The summed E-state index contributed by atoms with van der Waals surface area (Å²) in [6, 6.07) is -18.7. The number of aliphatic hydroxyl groups excluding tert-OH is 2. The minimum absolute atomic E-state index is 3.42. The molecule has 57 heavy (non-hydrogen) atoms. The lowest BCUT2D eigenvalue weighted by Crippen LogP contribution is -2.86. The molecule has 0 aromatic heterocycles. The number of hydrogen-bond acceptors (Lipinski definition) is 2. The lowest BCUT2D eigenvalue weighted by atomic mass is 9.88. The number of quaternary nitrogens is 1. The summed E-state index contributed by atoms with van der Waals surface area (Å²) in [4.78, 5) is 0. The summed E-state index contributed by atoms with van der Waals surface area (Å²) in [5.74, 6) is -115. The summed E-state index contributed by atoms with van der Waals surface area (Å²) in [5, 5.41) is 17.3. The van der Waals surface area contributed by atoms with E-state index >= 15 is 17.6 Å². The third kappa shape index (κ3) is 6.35. The largest absolute Gasteiger partial charge is 0.466 e. The number of hydrogen-bond donors (Lipinski definition) is 2. The Bertz CT molecular complexity index is 1310. The van der Waals surface area contributed by atoms with Crippen LogP contribution in [-0.4, -0.2) is 137 Å². The van der Waals surface area contributed by atoms with E-state index in [4.69, 9.17) is 10.2 Å². The molecule has 0 saturated heterocycles. The predicted octanol–water partition coefficient (Wildman–Crippen LogP) is 9.72. The summed E-state index contributed by atoms with van der Waals surface area (Å²) < 4.78 is 460. The maximum atomic E-state index is 15.1. The molecule has 0 saturated carbocycles. The Hall–Kier alpha value is -2.50. The molecule has 0 rings (SSSR count). The third-order valence-corrected chi connectivity index (χ3v) is 7.45. The van der Waals surface area contributed by atoms with Crippen molar-refractivity contribution in [1.29, 1.82) is 0 Å². The standard InChI is InChI=1S/C20H10F34NO2/c21-5(22,9(29,30)13(37,38)17(45,46)47)7(25,26)11(33,34)15(41,42)19(51,52)55(1-3-56,2-4-57)20(53,54)16(43,44)12(35,36)8(27,28)6(23,24)10(31,32)14(39,40)18(48,49)50/h56-57H,1-4H2/q+1. The average molecular weight is 942 g/mol. The van der Waals surface area contributed by atoms with E-state index in [0.29, 0.717) is 0 Å². The molecular formula is C20H10F34NO2+. The molecule has 0 aliphatic carbocycles. The van der Waals surface area contributed by atoms with Crippen molar-refractivity contribution >= 4 is 0 Å². The molecule has 0 heterocycles. The first-order valence-corrected chi connectivity index (χ1v) is 12.6. The quantitative estimate of drug-likeness (QED) is 0.0817. The Labute approximate surface area is 287 Å². The molecule has 0 aromatic rings. The van der Waals surface area contributed by atoms with Crippen molar-refractivity contribution in [2.45, 2.75) is 95.5 Å². The zero-order chi connectivity index (χ0) is 47.3. The van der Waals surface area contributed by atoms with E-state index in [2.05, 4.69) is 0 Å². The van der Waals surface area contributed by atoms with E-state index in [0.717, 1.165) is 0 Å². The van der Waals surface area contributed by atoms with Crippen LogP contribution in [0.2, 0.25) is 0 Å². The van der Waals surface area contributed by atoms with Crippen molar-refractivity contribution in [2.75, 3.05) is 26.3 Å². The molecule has 0 aromatic carbocycles. The van der Waals surface area contributed by atoms with E-state index in [1.807, 2.05) is 0 Å². The zero-order valence-corrected chi connectivity index (χ0v) is 25.0. The number of alkyl halides is 34. The normalized spacial score (nSPS) is 17.1. The van der Waals surface area contributed by atoms with Crippen molar-refractivity contribution in [3.05, 3.63) is 0 Å².